The highest BCUT2D eigenvalue weighted by atomic mass is 32.1. The molecule has 0 saturated heterocycles. The molecule has 0 aliphatic heterocycles. The zero-order valence-corrected chi connectivity index (χ0v) is 17.8. The van der Waals surface area contributed by atoms with Gasteiger partial charge in [0, 0.05) is 24.5 Å². The van der Waals surface area contributed by atoms with Crippen molar-refractivity contribution in [1.29, 1.82) is 0 Å². The first-order chi connectivity index (χ1) is 14.0. The van der Waals surface area contributed by atoms with Crippen molar-refractivity contribution in [3.05, 3.63) is 69.7 Å². The Morgan fingerprint density at radius 1 is 1.07 bits per heavy atom. The lowest BCUT2D eigenvalue weighted by Gasteiger charge is -2.18. The highest BCUT2D eigenvalue weighted by molar-refractivity contribution is 7.09. The fraction of sp³-hybridized carbons (Fsp3) is 0.273. The van der Waals surface area contributed by atoms with Crippen LogP contribution < -0.4 is 14.2 Å². The summed E-state index contributed by atoms with van der Waals surface area (Å²) in [5, 5.41) is 3.00. The molecule has 0 aliphatic carbocycles. The van der Waals surface area contributed by atoms with Gasteiger partial charge in [-0.15, -0.1) is 11.3 Å². The molecular weight excluding hydrogens is 388 g/mol. The molecule has 0 saturated carbocycles. The number of aryl methyl sites for hydroxylation is 1. The second kappa shape index (κ2) is 9.43. The molecule has 3 aromatic rings. The average Bonchev–Trinajstić information content (AvgIpc) is 3.17. The van der Waals surface area contributed by atoms with Crippen molar-refractivity contribution in [1.82, 2.24) is 9.88 Å². The summed E-state index contributed by atoms with van der Waals surface area (Å²) in [5.74, 6) is 1.94. The van der Waals surface area contributed by atoms with E-state index < -0.39 is 0 Å². The molecule has 3 rings (SSSR count). The van der Waals surface area contributed by atoms with Crippen LogP contribution >= 0.6 is 11.3 Å². The van der Waals surface area contributed by atoms with Gasteiger partial charge in [-0.05, 0) is 48.9 Å². The quantitative estimate of drug-likeness (QED) is 0.551. The number of methoxy groups -OCH3 is 2. The Kier molecular flexibility index (Phi) is 6.72. The van der Waals surface area contributed by atoms with E-state index in [9.17, 15) is 4.79 Å². The van der Waals surface area contributed by atoms with Gasteiger partial charge in [0.2, 0.25) is 0 Å². The molecule has 1 heterocycles. The van der Waals surface area contributed by atoms with Crippen molar-refractivity contribution in [2.24, 2.45) is 0 Å². The van der Waals surface area contributed by atoms with Crippen molar-refractivity contribution in [3.63, 3.8) is 0 Å². The Labute approximate surface area is 174 Å². The lowest BCUT2D eigenvalue weighted by Crippen LogP contribution is -2.26. The molecular formula is C22H24N2O4S. The van der Waals surface area contributed by atoms with E-state index in [0.29, 0.717) is 36.0 Å². The van der Waals surface area contributed by atoms with E-state index in [1.807, 2.05) is 30.5 Å². The molecule has 0 radical (unpaired) electrons. The van der Waals surface area contributed by atoms with E-state index in [0.717, 1.165) is 16.3 Å². The normalized spacial score (nSPS) is 10.5. The third-order valence-electron chi connectivity index (χ3n) is 4.37. The fourth-order valence-electron chi connectivity index (χ4n) is 2.87. The highest BCUT2D eigenvalue weighted by Gasteiger charge is 2.14. The summed E-state index contributed by atoms with van der Waals surface area (Å²) in [4.78, 5) is 18.8. The smallest absolute Gasteiger partial charge is 0.253 e. The monoisotopic (exact) mass is 412 g/mol. The summed E-state index contributed by atoms with van der Waals surface area (Å²) in [5.41, 5.74) is 2.46. The van der Waals surface area contributed by atoms with Crippen LogP contribution in [-0.2, 0) is 13.2 Å². The molecule has 0 fully saturated rings. The maximum Gasteiger partial charge on any atom is 0.253 e. The molecule has 152 valence electrons. The second-order valence-electron chi connectivity index (χ2n) is 6.52. The summed E-state index contributed by atoms with van der Waals surface area (Å²) in [6.07, 6.45) is 0. The summed E-state index contributed by atoms with van der Waals surface area (Å²) >= 11 is 1.60. The van der Waals surface area contributed by atoms with Gasteiger partial charge in [-0.25, -0.2) is 4.98 Å². The summed E-state index contributed by atoms with van der Waals surface area (Å²) < 4.78 is 16.3. The lowest BCUT2D eigenvalue weighted by atomic mass is 10.1. The molecule has 0 bridgehead atoms. The van der Waals surface area contributed by atoms with Crippen molar-refractivity contribution < 1.29 is 19.0 Å². The number of hydrogen-bond acceptors (Lipinski definition) is 6. The van der Waals surface area contributed by atoms with Crippen LogP contribution in [0.3, 0.4) is 0 Å². The Hall–Kier alpha value is -3.06. The molecule has 7 heteroatoms. The van der Waals surface area contributed by atoms with Crippen LogP contribution in [0.2, 0.25) is 0 Å². The number of aromatic nitrogens is 1. The first-order valence-electron chi connectivity index (χ1n) is 9.10. The van der Waals surface area contributed by atoms with Crippen molar-refractivity contribution in [3.8, 4) is 17.2 Å². The van der Waals surface area contributed by atoms with Gasteiger partial charge in [-0.1, -0.05) is 6.07 Å². The fourth-order valence-corrected chi connectivity index (χ4v) is 3.47. The molecule has 29 heavy (non-hydrogen) atoms. The Balaban J connectivity index is 1.60. The Morgan fingerprint density at radius 2 is 1.79 bits per heavy atom. The van der Waals surface area contributed by atoms with E-state index in [4.69, 9.17) is 14.2 Å². The lowest BCUT2D eigenvalue weighted by molar-refractivity contribution is 0.0785. The molecule has 0 atom stereocenters. The van der Waals surface area contributed by atoms with E-state index in [1.54, 1.807) is 61.8 Å². The van der Waals surface area contributed by atoms with Crippen LogP contribution in [0.5, 0.6) is 17.2 Å². The number of carbonyl (C=O) groups excluding carboxylic acids is 1. The number of carbonyl (C=O) groups is 1. The van der Waals surface area contributed by atoms with E-state index in [-0.39, 0.29) is 5.91 Å². The first kappa shape index (κ1) is 20.7. The van der Waals surface area contributed by atoms with Crippen LogP contribution in [0.25, 0.3) is 0 Å². The van der Waals surface area contributed by atoms with Gasteiger partial charge in [-0.3, -0.25) is 4.79 Å². The SMILES string of the molecule is COc1ccc(CN(C)C(=O)c2ccc(OCc3csc(C)n3)cc2)cc1OC. The molecule has 0 unspecified atom stereocenters. The van der Waals surface area contributed by atoms with Gasteiger partial charge < -0.3 is 19.1 Å². The molecule has 0 aliphatic rings. The zero-order chi connectivity index (χ0) is 20.8. The number of hydrogen-bond donors (Lipinski definition) is 0. The number of benzene rings is 2. The van der Waals surface area contributed by atoms with Gasteiger partial charge in [0.05, 0.1) is 24.9 Å². The van der Waals surface area contributed by atoms with E-state index in [1.165, 1.54) is 0 Å². The molecule has 0 N–H and O–H groups in total. The van der Waals surface area contributed by atoms with Gasteiger partial charge in [0.1, 0.15) is 12.4 Å². The number of amides is 1. The minimum Gasteiger partial charge on any atom is -0.493 e. The topological polar surface area (TPSA) is 60.9 Å². The maximum atomic E-state index is 12.7. The number of rotatable bonds is 8. The second-order valence-corrected chi connectivity index (χ2v) is 7.58. The third kappa shape index (κ3) is 5.26. The Bertz CT molecular complexity index is 969. The van der Waals surface area contributed by atoms with Crippen molar-refractivity contribution in [2.45, 2.75) is 20.1 Å². The van der Waals surface area contributed by atoms with E-state index in [2.05, 4.69) is 4.98 Å². The van der Waals surface area contributed by atoms with E-state index >= 15 is 0 Å². The van der Waals surface area contributed by atoms with Gasteiger partial charge in [0.25, 0.3) is 5.91 Å². The summed E-state index contributed by atoms with van der Waals surface area (Å²) in [6, 6.07) is 12.8. The zero-order valence-electron chi connectivity index (χ0n) is 17.0. The number of ether oxygens (including phenoxy) is 3. The van der Waals surface area contributed by atoms with Gasteiger partial charge in [-0.2, -0.15) is 0 Å². The predicted molar refractivity (Wildman–Crippen MR) is 113 cm³/mol. The minimum absolute atomic E-state index is 0.0681. The van der Waals surface area contributed by atoms with Crippen LogP contribution in [-0.4, -0.2) is 37.1 Å². The van der Waals surface area contributed by atoms with Gasteiger partial charge in [0.15, 0.2) is 11.5 Å². The first-order valence-corrected chi connectivity index (χ1v) is 9.98. The van der Waals surface area contributed by atoms with Crippen LogP contribution in [0.4, 0.5) is 0 Å². The summed E-state index contributed by atoms with van der Waals surface area (Å²) in [7, 11) is 4.96. The van der Waals surface area contributed by atoms with Crippen LogP contribution in [0.15, 0.2) is 47.8 Å². The predicted octanol–water partition coefficient (Wildman–Crippen LogP) is 4.32. The molecule has 1 aromatic heterocycles. The molecule has 6 nitrogen and oxygen atoms in total. The standard InChI is InChI=1S/C22H24N2O4S/c1-15-23-18(14-29-15)13-28-19-8-6-17(7-9-19)22(25)24(2)12-16-5-10-20(26-3)21(11-16)27-4/h5-11,14H,12-13H2,1-4H3. The van der Waals surface area contributed by atoms with Crippen molar-refractivity contribution in [2.75, 3.05) is 21.3 Å². The summed E-state index contributed by atoms with van der Waals surface area (Å²) in [6.45, 7) is 2.84. The highest BCUT2D eigenvalue weighted by Crippen LogP contribution is 2.28. The van der Waals surface area contributed by atoms with Crippen molar-refractivity contribution >= 4 is 17.2 Å². The molecule has 2 aromatic carbocycles. The minimum atomic E-state index is -0.0681. The molecule has 0 spiro atoms. The molecule has 1 amide bonds. The number of nitrogens with zero attached hydrogens (tertiary/aromatic N) is 2. The van der Waals surface area contributed by atoms with Crippen LogP contribution in [0, 0.1) is 6.92 Å². The van der Waals surface area contributed by atoms with Gasteiger partial charge >= 0.3 is 0 Å². The van der Waals surface area contributed by atoms with Crippen LogP contribution in [0.1, 0.15) is 26.6 Å². The largest absolute Gasteiger partial charge is 0.493 e. The average molecular weight is 413 g/mol. The maximum absolute atomic E-state index is 12.7. The third-order valence-corrected chi connectivity index (χ3v) is 5.19. The Morgan fingerprint density at radius 3 is 2.41 bits per heavy atom. The number of thiazole rings is 1.